The molecule has 2 nitrogen and oxygen atoms in total. The van der Waals surface area contributed by atoms with E-state index in [4.69, 9.17) is 0 Å². The first-order valence-electron chi connectivity index (χ1n) is 5.81. The van der Waals surface area contributed by atoms with Crippen molar-refractivity contribution >= 4 is 21.8 Å². The van der Waals surface area contributed by atoms with Crippen molar-refractivity contribution in [2.75, 3.05) is 7.05 Å². The fourth-order valence-corrected chi connectivity index (χ4v) is 2.56. The predicted molar refractivity (Wildman–Crippen MR) is 72.5 cm³/mol. The molecule has 1 aliphatic rings. The van der Waals surface area contributed by atoms with Gasteiger partial charge in [0.25, 0.3) is 0 Å². The van der Waals surface area contributed by atoms with Gasteiger partial charge in [0.05, 0.1) is 0 Å². The normalized spacial score (nSPS) is 15.2. The zero-order chi connectivity index (χ0) is 12.3. The lowest BCUT2D eigenvalue weighted by molar-refractivity contribution is -0.134. The van der Waals surface area contributed by atoms with E-state index < -0.39 is 0 Å². The highest BCUT2D eigenvalue weighted by Crippen LogP contribution is 2.21. The van der Waals surface area contributed by atoms with E-state index in [2.05, 4.69) is 34.1 Å². The highest BCUT2D eigenvalue weighted by Gasteiger charge is 2.22. The Morgan fingerprint density at radius 2 is 2.12 bits per heavy atom. The molecule has 1 amide bonds. The molecule has 1 aromatic carbocycles. The highest BCUT2D eigenvalue weighted by molar-refractivity contribution is 9.10. The molecule has 0 aromatic heterocycles. The molecule has 0 unspecified atom stereocenters. The summed E-state index contributed by atoms with van der Waals surface area (Å²) in [5, 5.41) is 0. The van der Waals surface area contributed by atoms with Crippen molar-refractivity contribution in [3.05, 3.63) is 46.5 Å². The lowest BCUT2D eigenvalue weighted by Gasteiger charge is -2.21. The van der Waals surface area contributed by atoms with Gasteiger partial charge in [0.15, 0.2) is 0 Å². The van der Waals surface area contributed by atoms with Gasteiger partial charge in [0.1, 0.15) is 0 Å². The summed E-state index contributed by atoms with van der Waals surface area (Å²) in [5.41, 5.74) is 1.15. The molecule has 1 aromatic rings. The van der Waals surface area contributed by atoms with Crippen LogP contribution in [0, 0.1) is 5.92 Å². The molecule has 0 saturated heterocycles. The summed E-state index contributed by atoms with van der Waals surface area (Å²) in [6.45, 7) is 0.675. The van der Waals surface area contributed by atoms with Crippen LogP contribution < -0.4 is 0 Å². The number of hydrogen-bond donors (Lipinski definition) is 0. The van der Waals surface area contributed by atoms with Crippen LogP contribution in [0.15, 0.2) is 40.9 Å². The largest absolute Gasteiger partial charge is 0.341 e. The minimum atomic E-state index is 0.159. The van der Waals surface area contributed by atoms with Crippen molar-refractivity contribution in [2.45, 2.75) is 19.4 Å². The smallest absolute Gasteiger partial charge is 0.226 e. The third kappa shape index (κ3) is 3.19. The molecule has 0 fully saturated rings. The van der Waals surface area contributed by atoms with Crippen LogP contribution in [-0.2, 0) is 11.3 Å². The van der Waals surface area contributed by atoms with E-state index in [-0.39, 0.29) is 11.8 Å². The van der Waals surface area contributed by atoms with Gasteiger partial charge in [-0.05, 0) is 30.5 Å². The summed E-state index contributed by atoms with van der Waals surface area (Å²) in [4.78, 5) is 13.9. The van der Waals surface area contributed by atoms with Gasteiger partial charge < -0.3 is 4.90 Å². The average Bonchev–Trinajstić information content (AvgIpc) is 2.81. The van der Waals surface area contributed by atoms with Crippen LogP contribution >= 0.6 is 15.9 Å². The summed E-state index contributed by atoms with van der Waals surface area (Å²) in [6.07, 6.45) is 5.97. The van der Waals surface area contributed by atoms with Crippen molar-refractivity contribution in [3.8, 4) is 0 Å². The van der Waals surface area contributed by atoms with Crippen molar-refractivity contribution in [1.82, 2.24) is 4.90 Å². The number of carbonyl (C=O) groups excluding carboxylic acids is 1. The van der Waals surface area contributed by atoms with E-state index in [1.165, 1.54) is 0 Å². The molecular weight excluding hydrogens is 278 g/mol. The number of hydrogen-bond acceptors (Lipinski definition) is 1. The summed E-state index contributed by atoms with van der Waals surface area (Å²) < 4.78 is 1.05. The Morgan fingerprint density at radius 3 is 2.76 bits per heavy atom. The maximum absolute atomic E-state index is 12.1. The van der Waals surface area contributed by atoms with Gasteiger partial charge in [-0.15, -0.1) is 0 Å². The van der Waals surface area contributed by atoms with Crippen LogP contribution in [0.25, 0.3) is 0 Å². The van der Waals surface area contributed by atoms with Gasteiger partial charge in [-0.2, -0.15) is 0 Å². The maximum atomic E-state index is 12.1. The van der Waals surface area contributed by atoms with E-state index in [1.807, 2.05) is 30.1 Å². The Labute approximate surface area is 110 Å². The Bertz CT molecular complexity index is 434. The first-order valence-corrected chi connectivity index (χ1v) is 6.60. The van der Waals surface area contributed by atoms with Crippen LogP contribution in [0.4, 0.5) is 0 Å². The molecule has 90 valence electrons. The first kappa shape index (κ1) is 12.4. The maximum Gasteiger partial charge on any atom is 0.226 e. The number of carbonyl (C=O) groups is 1. The summed E-state index contributed by atoms with van der Waals surface area (Å²) in [5.74, 6) is 0.405. The Morgan fingerprint density at radius 1 is 1.41 bits per heavy atom. The van der Waals surface area contributed by atoms with E-state index in [1.54, 1.807) is 0 Å². The second-order valence-corrected chi connectivity index (χ2v) is 5.38. The molecule has 17 heavy (non-hydrogen) atoms. The second-order valence-electron chi connectivity index (χ2n) is 4.46. The topological polar surface area (TPSA) is 20.3 Å². The van der Waals surface area contributed by atoms with Crippen LogP contribution in [-0.4, -0.2) is 17.9 Å². The zero-order valence-electron chi connectivity index (χ0n) is 9.90. The molecule has 0 bridgehead atoms. The minimum Gasteiger partial charge on any atom is -0.341 e. The van der Waals surface area contributed by atoms with E-state index in [9.17, 15) is 4.79 Å². The number of rotatable bonds is 3. The number of amides is 1. The van der Waals surface area contributed by atoms with Crippen molar-refractivity contribution in [2.24, 2.45) is 5.92 Å². The molecular formula is C14H16BrNO. The Hall–Kier alpha value is -1.09. The number of nitrogens with zero attached hydrogens (tertiary/aromatic N) is 1. The number of benzene rings is 1. The molecule has 0 N–H and O–H groups in total. The quantitative estimate of drug-likeness (QED) is 0.783. The first-order chi connectivity index (χ1) is 8.16. The molecule has 1 aliphatic carbocycles. The third-order valence-electron chi connectivity index (χ3n) is 3.04. The summed E-state index contributed by atoms with van der Waals surface area (Å²) in [6, 6.07) is 8.08. The van der Waals surface area contributed by atoms with Crippen LogP contribution in [0.3, 0.4) is 0 Å². The van der Waals surface area contributed by atoms with Crippen molar-refractivity contribution < 1.29 is 4.79 Å². The number of halogens is 1. The molecule has 0 heterocycles. The van der Waals surface area contributed by atoms with E-state index in [0.29, 0.717) is 6.54 Å². The van der Waals surface area contributed by atoms with Crippen LogP contribution in [0.5, 0.6) is 0 Å². The fourth-order valence-electron chi connectivity index (χ4n) is 2.12. The van der Waals surface area contributed by atoms with Gasteiger partial charge in [-0.1, -0.05) is 40.2 Å². The molecule has 0 aliphatic heterocycles. The third-order valence-corrected chi connectivity index (χ3v) is 3.54. The lowest BCUT2D eigenvalue weighted by Crippen LogP contribution is -2.31. The van der Waals surface area contributed by atoms with Crippen LogP contribution in [0.2, 0.25) is 0 Å². The molecule has 2 rings (SSSR count). The SMILES string of the molecule is CN(Cc1cccc(Br)c1)C(=O)C1CC=CC1. The summed E-state index contributed by atoms with van der Waals surface area (Å²) >= 11 is 3.44. The van der Waals surface area contributed by atoms with E-state index >= 15 is 0 Å². The molecule has 0 spiro atoms. The number of allylic oxidation sites excluding steroid dienone is 2. The van der Waals surface area contributed by atoms with Crippen molar-refractivity contribution in [1.29, 1.82) is 0 Å². The lowest BCUT2D eigenvalue weighted by atomic mass is 10.1. The molecule has 0 atom stereocenters. The minimum absolute atomic E-state index is 0.159. The molecule has 3 heteroatoms. The Balaban J connectivity index is 1.96. The monoisotopic (exact) mass is 293 g/mol. The second kappa shape index (κ2) is 5.50. The van der Waals surface area contributed by atoms with Crippen molar-refractivity contribution in [3.63, 3.8) is 0 Å². The van der Waals surface area contributed by atoms with Gasteiger partial charge in [0.2, 0.25) is 5.91 Å². The van der Waals surface area contributed by atoms with Gasteiger partial charge in [0, 0.05) is 24.0 Å². The standard InChI is InChI=1S/C14H16BrNO/c1-16(14(17)12-6-2-3-7-12)10-11-5-4-8-13(15)9-11/h2-5,8-9,12H,6-7,10H2,1H3. The summed E-state index contributed by atoms with van der Waals surface area (Å²) in [7, 11) is 1.88. The molecule has 0 saturated carbocycles. The fraction of sp³-hybridized carbons (Fsp3) is 0.357. The highest BCUT2D eigenvalue weighted by atomic mass is 79.9. The van der Waals surface area contributed by atoms with Gasteiger partial charge in [-0.25, -0.2) is 0 Å². The van der Waals surface area contributed by atoms with Gasteiger partial charge >= 0.3 is 0 Å². The average molecular weight is 294 g/mol. The van der Waals surface area contributed by atoms with Gasteiger partial charge in [-0.3, -0.25) is 4.79 Å². The Kier molecular flexibility index (Phi) is 4.00. The molecule has 0 radical (unpaired) electrons. The zero-order valence-corrected chi connectivity index (χ0v) is 11.5. The predicted octanol–water partition coefficient (Wildman–Crippen LogP) is 3.37. The van der Waals surface area contributed by atoms with E-state index in [0.717, 1.165) is 22.9 Å². The van der Waals surface area contributed by atoms with Crippen LogP contribution in [0.1, 0.15) is 18.4 Å².